The van der Waals surface area contributed by atoms with Crippen LogP contribution in [0.4, 0.5) is 11.5 Å². The van der Waals surface area contributed by atoms with Crippen molar-refractivity contribution in [2.75, 3.05) is 29.9 Å². The summed E-state index contributed by atoms with van der Waals surface area (Å²) in [5.74, 6) is 1.64. The van der Waals surface area contributed by atoms with E-state index >= 15 is 0 Å². The number of fused-ring (bicyclic) bond motifs is 2. The van der Waals surface area contributed by atoms with Crippen LogP contribution < -0.4 is 10.2 Å². The highest BCUT2D eigenvalue weighted by atomic mass is 35.5. The number of carbonyl (C=O) groups is 1. The summed E-state index contributed by atoms with van der Waals surface area (Å²) in [6.45, 7) is 4.45. The van der Waals surface area contributed by atoms with E-state index < -0.39 is 0 Å². The Morgan fingerprint density at radius 2 is 2.00 bits per heavy atom. The number of aromatic amines is 1. The maximum Gasteiger partial charge on any atom is 0.245 e. The quantitative estimate of drug-likeness (QED) is 0.567. The third kappa shape index (κ3) is 3.99. The maximum absolute atomic E-state index is 13.5. The molecule has 168 valence electrons. The number of anilines is 2. The first-order chi connectivity index (χ1) is 15.5. The number of halogens is 2. The molecule has 0 aliphatic carbocycles. The minimum atomic E-state index is -0.327. The van der Waals surface area contributed by atoms with Crippen molar-refractivity contribution in [3.05, 3.63) is 46.8 Å². The van der Waals surface area contributed by atoms with Crippen molar-refractivity contribution in [1.82, 2.24) is 19.9 Å². The standard InChI is InChI=1S/C23H26Cl2N6O/c1-2-19(29-17-10-15(24)9-16(25)11-17)23(32)30-7-4-14-5-8-31(20(14)12-30)22-18-3-6-26-21(18)27-13-28-22/h3,6,9-11,13-14,19-20,29H,2,4-5,7-8,12H2,1H3,(H,26,27,28). The summed E-state index contributed by atoms with van der Waals surface area (Å²) in [4.78, 5) is 29.9. The second-order valence-corrected chi connectivity index (χ2v) is 9.46. The third-order valence-corrected chi connectivity index (χ3v) is 7.13. The predicted molar refractivity (Wildman–Crippen MR) is 128 cm³/mol. The molecule has 2 aliphatic rings. The Balaban J connectivity index is 1.34. The van der Waals surface area contributed by atoms with E-state index in [0.717, 1.165) is 48.5 Å². The van der Waals surface area contributed by atoms with Crippen LogP contribution in [0.5, 0.6) is 0 Å². The van der Waals surface area contributed by atoms with Crippen LogP contribution in [0.1, 0.15) is 26.2 Å². The lowest BCUT2D eigenvalue weighted by Crippen LogP contribution is -2.53. The van der Waals surface area contributed by atoms with E-state index in [4.69, 9.17) is 23.2 Å². The molecule has 0 saturated carbocycles. The molecule has 4 heterocycles. The van der Waals surface area contributed by atoms with Gasteiger partial charge in [-0.3, -0.25) is 4.79 Å². The number of nitrogens with one attached hydrogen (secondary N) is 2. The van der Waals surface area contributed by atoms with Crippen molar-refractivity contribution in [3.63, 3.8) is 0 Å². The molecule has 2 saturated heterocycles. The SMILES string of the molecule is CCC(Nc1cc(Cl)cc(Cl)c1)C(=O)N1CCC2CCN(c3ncnc4[nH]ccc34)C2C1. The number of carbonyl (C=O) groups excluding carboxylic acids is 1. The zero-order valence-corrected chi connectivity index (χ0v) is 19.4. The first kappa shape index (κ1) is 21.3. The lowest BCUT2D eigenvalue weighted by Gasteiger charge is -2.40. The molecule has 7 nitrogen and oxygen atoms in total. The molecular formula is C23H26Cl2N6O. The van der Waals surface area contributed by atoms with Crippen LogP contribution in [0.3, 0.4) is 0 Å². The summed E-state index contributed by atoms with van der Waals surface area (Å²) < 4.78 is 0. The van der Waals surface area contributed by atoms with E-state index in [1.807, 2.05) is 24.1 Å². The van der Waals surface area contributed by atoms with Crippen LogP contribution in [-0.4, -0.2) is 57.5 Å². The lowest BCUT2D eigenvalue weighted by molar-refractivity contribution is -0.133. The molecule has 3 aromatic rings. The number of rotatable bonds is 5. The van der Waals surface area contributed by atoms with Gasteiger partial charge in [-0.2, -0.15) is 0 Å². The van der Waals surface area contributed by atoms with Gasteiger partial charge in [0.2, 0.25) is 5.91 Å². The Bertz CT molecular complexity index is 1110. The fourth-order valence-corrected chi connectivity index (χ4v) is 5.61. The van der Waals surface area contributed by atoms with E-state index in [1.165, 1.54) is 0 Å². The molecule has 3 unspecified atom stereocenters. The molecule has 3 atom stereocenters. The number of piperidine rings is 1. The van der Waals surface area contributed by atoms with Gasteiger partial charge < -0.3 is 20.1 Å². The number of H-pyrrole nitrogens is 1. The fourth-order valence-electron chi connectivity index (χ4n) is 5.09. The van der Waals surface area contributed by atoms with Gasteiger partial charge in [-0.15, -0.1) is 0 Å². The molecule has 2 aromatic heterocycles. The highest BCUT2D eigenvalue weighted by Gasteiger charge is 2.41. The van der Waals surface area contributed by atoms with Gasteiger partial charge in [0.15, 0.2) is 0 Å². The highest BCUT2D eigenvalue weighted by Crippen LogP contribution is 2.37. The van der Waals surface area contributed by atoms with Crippen LogP contribution in [0.15, 0.2) is 36.8 Å². The summed E-state index contributed by atoms with van der Waals surface area (Å²) >= 11 is 12.3. The van der Waals surface area contributed by atoms with E-state index in [1.54, 1.807) is 24.5 Å². The Kier molecular flexibility index (Phi) is 5.86. The van der Waals surface area contributed by atoms with Gasteiger partial charge in [0.1, 0.15) is 23.8 Å². The molecular weight excluding hydrogens is 447 g/mol. The maximum atomic E-state index is 13.5. The van der Waals surface area contributed by atoms with Gasteiger partial charge in [-0.1, -0.05) is 30.1 Å². The van der Waals surface area contributed by atoms with Gasteiger partial charge in [0.25, 0.3) is 0 Å². The van der Waals surface area contributed by atoms with Crippen molar-refractivity contribution in [3.8, 4) is 0 Å². The molecule has 9 heteroatoms. The summed E-state index contributed by atoms with van der Waals surface area (Å²) in [5, 5.41) is 5.46. The normalized spacial score (nSPS) is 21.6. The lowest BCUT2D eigenvalue weighted by atomic mass is 9.91. The molecule has 1 aromatic carbocycles. The topological polar surface area (TPSA) is 77.2 Å². The Morgan fingerprint density at radius 3 is 2.78 bits per heavy atom. The van der Waals surface area contributed by atoms with E-state index in [-0.39, 0.29) is 18.0 Å². The molecule has 2 aliphatic heterocycles. The van der Waals surface area contributed by atoms with Crippen LogP contribution in [0, 0.1) is 5.92 Å². The molecule has 2 fully saturated rings. The molecule has 0 bridgehead atoms. The van der Waals surface area contributed by atoms with E-state index in [0.29, 0.717) is 28.9 Å². The first-order valence-electron chi connectivity index (χ1n) is 11.1. The molecule has 1 amide bonds. The van der Waals surface area contributed by atoms with Crippen molar-refractivity contribution in [2.45, 2.75) is 38.3 Å². The fraction of sp³-hybridized carbons (Fsp3) is 0.435. The summed E-state index contributed by atoms with van der Waals surface area (Å²) in [6, 6.07) is 7.24. The summed E-state index contributed by atoms with van der Waals surface area (Å²) in [5.41, 5.74) is 1.61. The van der Waals surface area contributed by atoms with Gasteiger partial charge in [-0.05, 0) is 49.4 Å². The molecule has 0 spiro atoms. The van der Waals surface area contributed by atoms with Crippen LogP contribution in [0.25, 0.3) is 11.0 Å². The summed E-state index contributed by atoms with van der Waals surface area (Å²) in [6.07, 6.45) is 6.31. The van der Waals surface area contributed by atoms with Crippen molar-refractivity contribution in [1.29, 1.82) is 0 Å². The van der Waals surface area contributed by atoms with E-state index in [2.05, 4.69) is 25.2 Å². The van der Waals surface area contributed by atoms with Crippen LogP contribution in [0.2, 0.25) is 10.0 Å². The highest BCUT2D eigenvalue weighted by molar-refractivity contribution is 6.35. The average Bonchev–Trinajstić information content (AvgIpc) is 3.42. The number of aromatic nitrogens is 3. The van der Waals surface area contributed by atoms with Crippen molar-refractivity contribution < 1.29 is 4.79 Å². The predicted octanol–water partition coefficient (Wildman–Crippen LogP) is 4.58. The zero-order valence-electron chi connectivity index (χ0n) is 17.9. The largest absolute Gasteiger partial charge is 0.374 e. The molecule has 0 radical (unpaired) electrons. The Hall–Kier alpha value is -2.51. The molecule has 5 rings (SSSR count). The molecule has 2 N–H and O–H groups in total. The number of likely N-dealkylation sites (tertiary alicyclic amines) is 1. The number of hydrogen-bond acceptors (Lipinski definition) is 5. The number of nitrogens with zero attached hydrogens (tertiary/aromatic N) is 4. The average molecular weight is 473 g/mol. The summed E-state index contributed by atoms with van der Waals surface area (Å²) in [7, 11) is 0. The number of benzene rings is 1. The second-order valence-electron chi connectivity index (χ2n) is 8.58. The Morgan fingerprint density at radius 1 is 1.22 bits per heavy atom. The van der Waals surface area contributed by atoms with Gasteiger partial charge >= 0.3 is 0 Å². The van der Waals surface area contributed by atoms with Crippen molar-refractivity contribution >= 4 is 51.6 Å². The van der Waals surface area contributed by atoms with Crippen LogP contribution >= 0.6 is 23.2 Å². The monoisotopic (exact) mass is 472 g/mol. The number of hydrogen-bond donors (Lipinski definition) is 2. The van der Waals surface area contributed by atoms with Gasteiger partial charge in [-0.25, -0.2) is 9.97 Å². The second kappa shape index (κ2) is 8.79. The van der Waals surface area contributed by atoms with E-state index in [9.17, 15) is 4.79 Å². The minimum Gasteiger partial charge on any atom is -0.374 e. The van der Waals surface area contributed by atoms with Crippen LogP contribution in [-0.2, 0) is 4.79 Å². The minimum absolute atomic E-state index is 0.114. The van der Waals surface area contributed by atoms with Crippen molar-refractivity contribution in [2.24, 2.45) is 5.92 Å². The smallest absolute Gasteiger partial charge is 0.245 e. The zero-order chi connectivity index (χ0) is 22.2. The first-order valence-corrected chi connectivity index (χ1v) is 11.8. The Labute approximate surface area is 197 Å². The number of amides is 1. The van der Waals surface area contributed by atoms with Gasteiger partial charge in [0, 0.05) is 41.6 Å². The van der Waals surface area contributed by atoms with Gasteiger partial charge in [0.05, 0.1) is 11.4 Å². The molecule has 32 heavy (non-hydrogen) atoms. The third-order valence-electron chi connectivity index (χ3n) is 6.69.